The number of carbonyl (C=O) groups excluding carboxylic acids is 2. The first kappa shape index (κ1) is 11.6. The fourth-order valence-electron chi connectivity index (χ4n) is 2.07. The van der Waals surface area contributed by atoms with E-state index in [2.05, 4.69) is 0 Å². The fourth-order valence-corrected chi connectivity index (χ4v) is 2.07. The smallest absolute Gasteiger partial charge is 0.244 e. The summed E-state index contributed by atoms with van der Waals surface area (Å²) in [6, 6.07) is 6.85. The van der Waals surface area contributed by atoms with Gasteiger partial charge in [-0.1, -0.05) is 18.2 Å². The highest BCUT2D eigenvalue weighted by Crippen LogP contribution is 2.27. The van der Waals surface area contributed by atoms with E-state index in [1.807, 2.05) is 24.3 Å². The predicted molar refractivity (Wildman–Crippen MR) is 64.3 cm³/mol. The molecule has 5 nitrogen and oxygen atoms in total. The van der Waals surface area contributed by atoms with E-state index >= 15 is 0 Å². The van der Waals surface area contributed by atoms with Crippen molar-refractivity contribution in [2.24, 2.45) is 11.5 Å². The first-order valence-electron chi connectivity index (χ1n) is 5.53. The second kappa shape index (κ2) is 4.55. The molecule has 17 heavy (non-hydrogen) atoms. The second-order valence-corrected chi connectivity index (χ2v) is 4.15. The summed E-state index contributed by atoms with van der Waals surface area (Å²) in [7, 11) is 0. The van der Waals surface area contributed by atoms with Gasteiger partial charge in [0.1, 0.15) is 0 Å². The fraction of sp³-hybridized carbons (Fsp3) is 0.333. The van der Waals surface area contributed by atoms with Crippen LogP contribution in [-0.4, -0.2) is 24.4 Å². The van der Waals surface area contributed by atoms with E-state index in [-0.39, 0.29) is 12.3 Å². The molecule has 1 aliphatic heterocycles. The van der Waals surface area contributed by atoms with Gasteiger partial charge in [0.25, 0.3) is 0 Å². The first-order chi connectivity index (χ1) is 8.09. The van der Waals surface area contributed by atoms with E-state index < -0.39 is 11.9 Å². The van der Waals surface area contributed by atoms with Gasteiger partial charge in [-0.3, -0.25) is 9.59 Å². The van der Waals surface area contributed by atoms with Crippen molar-refractivity contribution in [3.63, 3.8) is 0 Å². The number of primary amides is 1. The third-order valence-corrected chi connectivity index (χ3v) is 2.89. The molecule has 1 heterocycles. The Balaban J connectivity index is 2.15. The highest BCUT2D eigenvalue weighted by molar-refractivity contribution is 6.00. The van der Waals surface area contributed by atoms with Crippen LogP contribution in [-0.2, 0) is 16.0 Å². The Hall–Kier alpha value is -1.88. The summed E-state index contributed by atoms with van der Waals surface area (Å²) >= 11 is 0. The number of para-hydroxylation sites is 1. The Kier molecular flexibility index (Phi) is 3.10. The van der Waals surface area contributed by atoms with Gasteiger partial charge in [-0.05, 0) is 18.1 Å². The number of fused-ring (bicyclic) bond motifs is 1. The Morgan fingerprint density at radius 2 is 2.06 bits per heavy atom. The van der Waals surface area contributed by atoms with Crippen molar-refractivity contribution in [3.8, 4) is 0 Å². The van der Waals surface area contributed by atoms with Gasteiger partial charge in [0.2, 0.25) is 11.8 Å². The van der Waals surface area contributed by atoms with Crippen LogP contribution in [0.4, 0.5) is 5.69 Å². The molecule has 0 aromatic heterocycles. The minimum absolute atomic E-state index is 0.114. The van der Waals surface area contributed by atoms with Gasteiger partial charge in [-0.25, -0.2) is 0 Å². The molecule has 1 aromatic rings. The highest BCUT2D eigenvalue weighted by atomic mass is 16.2. The molecule has 4 N–H and O–H groups in total. The van der Waals surface area contributed by atoms with Gasteiger partial charge in [0, 0.05) is 12.2 Å². The third kappa shape index (κ3) is 2.29. The normalized spacial score (nSPS) is 15.5. The first-order valence-corrected chi connectivity index (χ1v) is 5.53. The van der Waals surface area contributed by atoms with Crippen molar-refractivity contribution in [1.29, 1.82) is 0 Å². The number of benzene rings is 1. The van der Waals surface area contributed by atoms with Gasteiger partial charge < -0.3 is 16.4 Å². The monoisotopic (exact) mass is 233 g/mol. The molecule has 1 unspecified atom stereocenters. The second-order valence-electron chi connectivity index (χ2n) is 4.15. The summed E-state index contributed by atoms with van der Waals surface area (Å²) in [6.45, 7) is 0.616. The number of hydrogen-bond donors (Lipinski definition) is 2. The molecule has 0 aliphatic carbocycles. The number of carbonyl (C=O) groups is 2. The van der Waals surface area contributed by atoms with Crippen LogP contribution in [0.2, 0.25) is 0 Å². The zero-order valence-electron chi connectivity index (χ0n) is 9.43. The van der Waals surface area contributed by atoms with Crippen LogP contribution in [0.25, 0.3) is 0 Å². The summed E-state index contributed by atoms with van der Waals surface area (Å²) in [5.41, 5.74) is 12.7. The maximum Gasteiger partial charge on any atom is 0.244 e. The van der Waals surface area contributed by atoms with Crippen LogP contribution in [0, 0.1) is 0 Å². The van der Waals surface area contributed by atoms with Crippen molar-refractivity contribution in [2.45, 2.75) is 18.9 Å². The van der Waals surface area contributed by atoms with Crippen molar-refractivity contribution < 1.29 is 9.59 Å². The minimum atomic E-state index is -0.848. The van der Waals surface area contributed by atoms with Crippen molar-refractivity contribution in [3.05, 3.63) is 29.8 Å². The van der Waals surface area contributed by atoms with Gasteiger partial charge in [-0.2, -0.15) is 0 Å². The van der Waals surface area contributed by atoms with Crippen molar-refractivity contribution in [2.75, 3.05) is 11.4 Å². The van der Waals surface area contributed by atoms with Gasteiger partial charge >= 0.3 is 0 Å². The average molecular weight is 233 g/mol. The quantitative estimate of drug-likeness (QED) is 0.756. The predicted octanol–water partition coefficient (Wildman–Crippen LogP) is -0.222. The van der Waals surface area contributed by atoms with Crippen LogP contribution in [0.3, 0.4) is 0 Å². The van der Waals surface area contributed by atoms with Crippen LogP contribution >= 0.6 is 0 Å². The molecule has 90 valence electrons. The summed E-state index contributed by atoms with van der Waals surface area (Å²) in [6.07, 6.45) is 0.711. The third-order valence-electron chi connectivity index (χ3n) is 2.89. The lowest BCUT2D eigenvalue weighted by molar-refractivity contribution is -0.124. The van der Waals surface area contributed by atoms with E-state index in [0.717, 1.165) is 17.7 Å². The van der Waals surface area contributed by atoms with Crippen LogP contribution in [0.15, 0.2) is 24.3 Å². The zero-order chi connectivity index (χ0) is 12.4. The number of rotatable bonds is 3. The summed E-state index contributed by atoms with van der Waals surface area (Å²) in [4.78, 5) is 24.4. The SMILES string of the molecule is NC(=O)CC(N)C(=O)N1CCc2ccccc21. The number of nitrogens with zero attached hydrogens (tertiary/aromatic N) is 1. The van der Waals surface area contributed by atoms with Gasteiger partial charge in [0.15, 0.2) is 0 Å². The van der Waals surface area contributed by atoms with E-state index in [1.54, 1.807) is 4.90 Å². The van der Waals surface area contributed by atoms with Crippen LogP contribution in [0.5, 0.6) is 0 Å². The Labute approximate surface area is 99.4 Å². The van der Waals surface area contributed by atoms with Crippen LogP contribution in [0.1, 0.15) is 12.0 Å². The van der Waals surface area contributed by atoms with E-state index in [1.165, 1.54) is 0 Å². The molecular formula is C12H15N3O2. The standard InChI is InChI=1S/C12H15N3O2/c13-9(7-11(14)16)12(17)15-6-5-8-3-1-2-4-10(8)15/h1-4,9H,5-7,13H2,(H2,14,16). The van der Waals surface area contributed by atoms with Crippen molar-refractivity contribution in [1.82, 2.24) is 0 Å². The maximum atomic E-state index is 12.0. The molecule has 2 rings (SSSR count). The average Bonchev–Trinajstić information content (AvgIpc) is 2.70. The number of hydrogen-bond acceptors (Lipinski definition) is 3. The largest absolute Gasteiger partial charge is 0.370 e. The number of anilines is 1. The van der Waals surface area contributed by atoms with Crippen LogP contribution < -0.4 is 16.4 Å². The molecule has 1 aliphatic rings. The summed E-state index contributed by atoms with van der Waals surface area (Å²) < 4.78 is 0. The molecule has 0 bridgehead atoms. The molecule has 2 amide bonds. The lowest BCUT2D eigenvalue weighted by atomic mass is 10.1. The molecule has 1 aromatic carbocycles. The maximum absolute atomic E-state index is 12.0. The Morgan fingerprint density at radius 1 is 1.35 bits per heavy atom. The van der Waals surface area contributed by atoms with E-state index in [0.29, 0.717) is 6.54 Å². The number of nitrogens with two attached hydrogens (primary N) is 2. The van der Waals surface area contributed by atoms with Crippen molar-refractivity contribution >= 4 is 17.5 Å². The Bertz CT molecular complexity index is 459. The molecule has 0 fully saturated rings. The molecule has 5 heteroatoms. The number of amides is 2. The molecule has 0 radical (unpaired) electrons. The summed E-state index contributed by atoms with van der Waals surface area (Å²) in [5.74, 6) is -0.799. The highest BCUT2D eigenvalue weighted by Gasteiger charge is 2.28. The molecular weight excluding hydrogens is 218 g/mol. The topological polar surface area (TPSA) is 89.4 Å². The molecule has 0 saturated carbocycles. The summed E-state index contributed by atoms with van der Waals surface area (Å²) in [5, 5.41) is 0. The molecule has 0 spiro atoms. The van der Waals surface area contributed by atoms with Gasteiger partial charge in [0.05, 0.1) is 12.5 Å². The molecule has 1 atom stereocenters. The zero-order valence-corrected chi connectivity index (χ0v) is 9.43. The lowest BCUT2D eigenvalue weighted by Gasteiger charge is -2.20. The van der Waals surface area contributed by atoms with Gasteiger partial charge in [-0.15, -0.1) is 0 Å². The lowest BCUT2D eigenvalue weighted by Crippen LogP contribution is -2.45. The van der Waals surface area contributed by atoms with E-state index in [9.17, 15) is 9.59 Å². The Morgan fingerprint density at radius 3 is 2.76 bits per heavy atom. The molecule has 0 saturated heterocycles. The van der Waals surface area contributed by atoms with E-state index in [4.69, 9.17) is 11.5 Å². The minimum Gasteiger partial charge on any atom is -0.370 e.